The van der Waals surface area contributed by atoms with Crippen molar-refractivity contribution in [2.45, 2.75) is 6.42 Å². The van der Waals surface area contributed by atoms with Crippen LogP contribution in [0.2, 0.25) is 0 Å². The predicted molar refractivity (Wildman–Crippen MR) is 72.6 cm³/mol. The molecule has 2 rings (SSSR count). The summed E-state index contributed by atoms with van der Waals surface area (Å²) in [6, 6.07) is 4.68. The lowest BCUT2D eigenvalue weighted by atomic mass is 10.1. The molecule has 1 saturated heterocycles. The van der Waals surface area contributed by atoms with Gasteiger partial charge in [-0.2, -0.15) is 0 Å². The normalized spacial score (nSPS) is 19.4. The quantitative estimate of drug-likeness (QED) is 0.854. The standard InChI is InChI=1S/C14H20N2O3/c1-16-6-5-10(9-16)8-15-14(18)12-4-3-11(19-2)7-13(12)17/h3-4,7,10,17H,5-6,8-9H2,1-2H3,(H,15,18)/t10-/m1/s1. The van der Waals surface area contributed by atoms with Crippen LogP contribution >= 0.6 is 0 Å². The molecule has 1 amide bonds. The Labute approximate surface area is 113 Å². The molecule has 1 aliphatic heterocycles. The SMILES string of the molecule is COc1ccc(C(=O)NC[C@H]2CCN(C)C2)c(O)c1. The molecule has 1 heterocycles. The lowest BCUT2D eigenvalue weighted by Gasteiger charge is -2.12. The minimum absolute atomic E-state index is 0.0552. The van der Waals surface area contributed by atoms with Gasteiger partial charge in [-0.1, -0.05) is 0 Å². The van der Waals surface area contributed by atoms with Crippen LogP contribution in [0, 0.1) is 5.92 Å². The second-order valence-electron chi connectivity index (χ2n) is 5.01. The molecule has 1 fully saturated rings. The van der Waals surface area contributed by atoms with Gasteiger partial charge in [0, 0.05) is 19.2 Å². The first-order valence-corrected chi connectivity index (χ1v) is 6.44. The number of likely N-dealkylation sites (tertiary alicyclic amines) is 1. The van der Waals surface area contributed by atoms with Gasteiger partial charge in [0.2, 0.25) is 0 Å². The highest BCUT2D eigenvalue weighted by molar-refractivity contribution is 5.97. The van der Waals surface area contributed by atoms with Crippen molar-refractivity contribution in [3.8, 4) is 11.5 Å². The smallest absolute Gasteiger partial charge is 0.255 e. The number of hydrogen-bond donors (Lipinski definition) is 2. The van der Waals surface area contributed by atoms with Crippen molar-refractivity contribution in [1.29, 1.82) is 0 Å². The molecule has 0 bridgehead atoms. The number of benzene rings is 1. The van der Waals surface area contributed by atoms with Crippen LogP contribution in [0.3, 0.4) is 0 Å². The highest BCUT2D eigenvalue weighted by Crippen LogP contribution is 2.23. The summed E-state index contributed by atoms with van der Waals surface area (Å²) in [5, 5.41) is 12.7. The van der Waals surface area contributed by atoms with Crippen LogP contribution in [0.25, 0.3) is 0 Å². The Morgan fingerprint density at radius 1 is 1.58 bits per heavy atom. The maximum atomic E-state index is 12.0. The van der Waals surface area contributed by atoms with E-state index < -0.39 is 0 Å². The molecule has 1 aromatic rings. The van der Waals surface area contributed by atoms with Crippen molar-refractivity contribution in [2.75, 3.05) is 33.8 Å². The van der Waals surface area contributed by atoms with Crippen LogP contribution in [0.5, 0.6) is 11.5 Å². The maximum Gasteiger partial charge on any atom is 0.255 e. The van der Waals surface area contributed by atoms with Crippen molar-refractivity contribution >= 4 is 5.91 Å². The zero-order valence-electron chi connectivity index (χ0n) is 11.3. The molecular weight excluding hydrogens is 244 g/mol. The molecule has 0 spiro atoms. The lowest BCUT2D eigenvalue weighted by Crippen LogP contribution is -2.30. The van der Waals surface area contributed by atoms with Crippen LogP contribution in [-0.2, 0) is 0 Å². The Morgan fingerprint density at radius 2 is 2.37 bits per heavy atom. The van der Waals surface area contributed by atoms with E-state index in [-0.39, 0.29) is 17.2 Å². The average molecular weight is 264 g/mol. The summed E-state index contributed by atoms with van der Waals surface area (Å²) in [6.45, 7) is 2.73. The number of ether oxygens (including phenoxy) is 1. The molecule has 1 aromatic carbocycles. The van der Waals surface area contributed by atoms with Crippen molar-refractivity contribution in [1.82, 2.24) is 10.2 Å². The van der Waals surface area contributed by atoms with E-state index in [0.29, 0.717) is 18.2 Å². The molecule has 0 saturated carbocycles. The van der Waals surface area contributed by atoms with Gasteiger partial charge in [0.05, 0.1) is 12.7 Å². The van der Waals surface area contributed by atoms with E-state index in [1.165, 1.54) is 13.2 Å². The van der Waals surface area contributed by atoms with Gasteiger partial charge in [0.25, 0.3) is 5.91 Å². The third kappa shape index (κ3) is 3.38. The van der Waals surface area contributed by atoms with Crippen molar-refractivity contribution < 1.29 is 14.6 Å². The Morgan fingerprint density at radius 3 is 2.95 bits per heavy atom. The van der Waals surface area contributed by atoms with E-state index >= 15 is 0 Å². The fourth-order valence-electron chi connectivity index (χ4n) is 2.36. The van der Waals surface area contributed by atoms with Crippen LogP contribution in [-0.4, -0.2) is 49.7 Å². The van der Waals surface area contributed by atoms with Gasteiger partial charge in [0.15, 0.2) is 0 Å². The number of carbonyl (C=O) groups excluding carboxylic acids is 1. The molecule has 5 nitrogen and oxygen atoms in total. The van der Waals surface area contributed by atoms with Crippen LogP contribution < -0.4 is 10.1 Å². The highest BCUT2D eigenvalue weighted by atomic mass is 16.5. The average Bonchev–Trinajstić information content (AvgIpc) is 2.81. The number of rotatable bonds is 4. The second kappa shape index (κ2) is 5.93. The number of phenolic OH excluding ortho intramolecular Hbond substituents is 1. The van der Waals surface area contributed by atoms with E-state index in [2.05, 4.69) is 17.3 Å². The monoisotopic (exact) mass is 264 g/mol. The largest absolute Gasteiger partial charge is 0.507 e. The summed E-state index contributed by atoms with van der Waals surface area (Å²) < 4.78 is 4.99. The summed E-state index contributed by atoms with van der Waals surface area (Å²) in [4.78, 5) is 14.2. The van der Waals surface area contributed by atoms with Gasteiger partial charge in [-0.15, -0.1) is 0 Å². The molecule has 1 aliphatic rings. The minimum Gasteiger partial charge on any atom is -0.507 e. The molecule has 104 valence electrons. The zero-order chi connectivity index (χ0) is 13.8. The Bertz CT molecular complexity index is 462. The third-order valence-corrected chi connectivity index (χ3v) is 3.49. The van der Waals surface area contributed by atoms with E-state index in [0.717, 1.165) is 19.5 Å². The van der Waals surface area contributed by atoms with Gasteiger partial charge in [-0.05, 0) is 38.1 Å². The van der Waals surface area contributed by atoms with E-state index in [9.17, 15) is 9.90 Å². The molecule has 0 aliphatic carbocycles. The van der Waals surface area contributed by atoms with Gasteiger partial charge in [-0.3, -0.25) is 4.79 Å². The van der Waals surface area contributed by atoms with Crippen LogP contribution in [0.4, 0.5) is 0 Å². The fraction of sp³-hybridized carbons (Fsp3) is 0.500. The fourth-order valence-corrected chi connectivity index (χ4v) is 2.36. The second-order valence-corrected chi connectivity index (χ2v) is 5.01. The van der Waals surface area contributed by atoms with E-state index in [1.807, 2.05) is 0 Å². The first-order valence-electron chi connectivity index (χ1n) is 6.44. The van der Waals surface area contributed by atoms with Crippen molar-refractivity contribution in [3.05, 3.63) is 23.8 Å². The van der Waals surface area contributed by atoms with Gasteiger partial charge in [-0.25, -0.2) is 0 Å². The summed E-state index contributed by atoms with van der Waals surface area (Å²) >= 11 is 0. The topological polar surface area (TPSA) is 61.8 Å². The number of methoxy groups -OCH3 is 1. The Balaban J connectivity index is 1.92. The first-order chi connectivity index (χ1) is 9.10. The maximum absolute atomic E-state index is 12.0. The van der Waals surface area contributed by atoms with E-state index in [1.54, 1.807) is 12.1 Å². The summed E-state index contributed by atoms with van der Waals surface area (Å²) in [7, 11) is 3.60. The summed E-state index contributed by atoms with van der Waals surface area (Å²) in [5.74, 6) is 0.732. The molecule has 2 N–H and O–H groups in total. The summed E-state index contributed by atoms with van der Waals surface area (Å²) in [6.07, 6.45) is 1.10. The number of phenols is 1. The van der Waals surface area contributed by atoms with Crippen LogP contribution in [0.15, 0.2) is 18.2 Å². The molecule has 0 aromatic heterocycles. The van der Waals surface area contributed by atoms with Crippen molar-refractivity contribution in [2.24, 2.45) is 5.92 Å². The summed E-state index contributed by atoms with van der Waals surface area (Å²) in [5.41, 5.74) is 0.284. The molecular formula is C14H20N2O3. The molecule has 0 radical (unpaired) electrons. The third-order valence-electron chi connectivity index (χ3n) is 3.49. The first kappa shape index (κ1) is 13.7. The highest BCUT2D eigenvalue weighted by Gasteiger charge is 2.20. The lowest BCUT2D eigenvalue weighted by molar-refractivity contribution is 0.0945. The zero-order valence-corrected chi connectivity index (χ0v) is 11.3. The van der Waals surface area contributed by atoms with Gasteiger partial charge >= 0.3 is 0 Å². The molecule has 1 atom stereocenters. The molecule has 5 heteroatoms. The van der Waals surface area contributed by atoms with Crippen molar-refractivity contribution in [3.63, 3.8) is 0 Å². The number of nitrogens with one attached hydrogen (secondary N) is 1. The Kier molecular flexibility index (Phi) is 4.27. The van der Waals surface area contributed by atoms with Gasteiger partial charge < -0.3 is 20.1 Å². The number of carbonyl (C=O) groups is 1. The number of nitrogens with zero attached hydrogens (tertiary/aromatic N) is 1. The minimum atomic E-state index is -0.241. The number of aromatic hydroxyl groups is 1. The van der Waals surface area contributed by atoms with E-state index in [4.69, 9.17) is 4.74 Å². The number of amides is 1. The van der Waals surface area contributed by atoms with Crippen LogP contribution in [0.1, 0.15) is 16.8 Å². The van der Waals surface area contributed by atoms with Gasteiger partial charge in [0.1, 0.15) is 11.5 Å². The molecule has 19 heavy (non-hydrogen) atoms. The number of hydrogen-bond acceptors (Lipinski definition) is 4. The Hall–Kier alpha value is -1.75. The predicted octanol–water partition coefficient (Wildman–Crippen LogP) is 1.08. The molecule has 0 unspecified atom stereocenters.